The lowest BCUT2D eigenvalue weighted by Gasteiger charge is -2.09. The Bertz CT molecular complexity index is 245. The number of rotatable bonds is 21. The minimum absolute atomic E-state index is 0.247. The first-order chi connectivity index (χ1) is 12.3. The molecule has 0 aliphatic carbocycles. The van der Waals surface area contributed by atoms with E-state index in [9.17, 15) is 0 Å². The van der Waals surface area contributed by atoms with Gasteiger partial charge in [-0.25, -0.2) is 0 Å². The van der Waals surface area contributed by atoms with Crippen molar-refractivity contribution >= 4 is 15.9 Å². The molecule has 0 aromatic carbocycles. The van der Waals surface area contributed by atoms with Crippen molar-refractivity contribution in [3.8, 4) is 0 Å². The first-order valence-corrected chi connectivity index (χ1v) is 10.0. The number of hydrogen-bond acceptors (Lipinski definition) is 7. The van der Waals surface area contributed by atoms with E-state index in [0.717, 1.165) is 5.33 Å². The molecule has 0 aromatic rings. The molecular formula is C17H35BrO7. The van der Waals surface area contributed by atoms with E-state index >= 15 is 0 Å². The number of alkyl halides is 1. The van der Waals surface area contributed by atoms with Gasteiger partial charge in [0.1, 0.15) is 0 Å². The summed E-state index contributed by atoms with van der Waals surface area (Å²) in [5.41, 5.74) is 0. The van der Waals surface area contributed by atoms with Gasteiger partial charge in [-0.15, -0.1) is 0 Å². The molecule has 0 N–H and O–H groups in total. The Labute approximate surface area is 160 Å². The SMILES string of the molecule is CC(C)OCCOCCOCCOCCOCCOCCOCCBr. The standard InChI is InChI=1S/C17H35BrO7/c1-17(2)25-16-15-24-14-13-23-12-11-22-10-9-21-8-7-20-6-5-19-4-3-18/h17H,3-16H2,1-2H3. The molecule has 0 aliphatic heterocycles. The Kier molecular flexibility index (Phi) is 22.4. The average Bonchev–Trinajstić information content (AvgIpc) is 2.60. The third-order valence-corrected chi connectivity index (χ3v) is 3.08. The van der Waals surface area contributed by atoms with Crippen molar-refractivity contribution in [2.75, 3.05) is 91.2 Å². The lowest BCUT2D eigenvalue weighted by Crippen LogP contribution is -2.15. The van der Waals surface area contributed by atoms with Gasteiger partial charge in [0.2, 0.25) is 0 Å². The average molecular weight is 431 g/mol. The minimum atomic E-state index is 0.247. The van der Waals surface area contributed by atoms with Gasteiger partial charge in [-0.3, -0.25) is 0 Å². The molecule has 0 saturated carbocycles. The third kappa shape index (κ3) is 24.2. The number of hydrogen-bond donors (Lipinski definition) is 0. The first-order valence-electron chi connectivity index (χ1n) is 8.91. The van der Waals surface area contributed by atoms with Crippen LogP contribution in [0.3, 0.4) is 0 Å². The highest BCUT2D eigenvalue weighted by Gasteiger charge is 1.95. The van der Waals surface area contributed by atoms with Crippen LogP contribution in [0.2, 0.25) is 0 Å². The van der Waals surface area contributed by atoms with Crippen molar-refractivity contribution < 1.29 is 33.2 Å². The highest BCUT2D eigenvalue weighted by Crippen LogP contribution is 1.88. The molecule has 0 atom stereocenters. The van der Waals surface area contributed by atoms with Gasteiger partial charge in [-0.05, 0) is 13.8 Å². The molecular weight excluding hydrogens is 396 g/mol. The molecule has 8 heteroatoms. The second-order valence-electron chi connectivity index (χ2n) is 5.28. The van der Waals surface area contributed by atoms with Crippen LogP contribution in [0.25, 0.3) is 0 Å². The maximum absolute atomic E-state index is 5.40. The van der Waals surface area contributed by atoms with Crippen molar-refractivity contribution in [1.29, 1.82) is 0 Å². The van der Waals surface area contributed by atoms with Gasteiger partial charge in [0.15, 0.2) is 0 Å². The fourth-order valence-corrected chi connectivity index (χ4v) is 1.83. The van der Waals surface area contributed by atoms with Gasteiger partial charge in [-0.2, -0.15) is 0 Å². The zero-order chi connectivity index (χ0) is 18.4. The molecule has 0 rings (SSSR count). The summed E-state index contributed by atoms with van der Waals surface area (Å²) in [5, 5.41) is 0.850. The molecule has 0 fully saturated rings. The summed E-state index contributed by atoms with van der Waals surface area (Å²) < 4.78 is 37.5. The maximum atomic E-state index is 5.40. The van der Waals surface area contributed by atoms with E-state index in [1.54, 1.807) is 0 Å². The Balaban J connectivity index is 2.96. The summed E-state index contributed by atoms with van der Waals surface area (Å²) in [6.45, 7) is 11.7. The quantitative estimate of drug-likeness (QED) is 0.203. The van der Waals surface area contributed by atoms with Crippen LogP contribution in [0.5, 0.6) is 0 Å². The summed E-state index contributed by atoms with van der Waals surface area (Å²) in [6.07, 6.45) is 0.247. The monoisotopic (exact) mass is 430 g/mol. The maximum Gasteiger partial charge on any atom is 0.0703 e. The molecule has 0 bridgehead atoms. The predicted molar refractivity (Wildman–Crippen MR) is 99.8 cm³/mol. The van der Waals surface area contributed by atoms with Crippen LogP contribution >= 0.6 is 15.9 Å². The fourth-order valence-electron chi connectivity index (χ4n) is 1.60. The Morgan fingerprint density at radius 3 is 1.04 bits per heavy atom. The number of halogens is 1. The fraction of sp³-hybridized carbons (Fsp3) is 1.00. The zero-order valence-electron chi connectivity index (χ0n) is 15.7. The van der Waals surface area contributed by atoms with Crippen LogP contribution in [0.4, 0.5) is 0 Å². The molecule has 0 radical (unpaired) electrons. The molecule has 152 valence electrons. The molecule has 0 heterocycles. The predicted octanol–water partition coefficient (Wildman–Crippen LogP) is 1.91. The van der Waals surface area contributed by atoms with Gasteiger partial charge in [0.25, 0.3) is 0 Å². The Morgan fingerprint density at radius 1 is 0.480 bits per heavy atom. The molecule has 0 spiro atoms. The van der Waals surface area contributed by atoms with Gasteiger partial charge in [0, 0.05) is 5.33 Å². The van der Waals surface area contributed by atoms with Gasteiger partial charge in [-0.1, -0.05) is 15.9 Å². The van der Waals surface area contributed by atoms with Crippen LogP contribution in [0.15, 0.2) is 0 Å². The van der Waals surface area contributed by atoms with Crippen molar-refractivity contribution in [2.45, 2.75) is 20.0 Å². The Morgan fingerprint density at radius 2 is 0.760 bits per heavy atom. The van der Waals surface area contributed by atoms with Crippen LogP contribution in [0.1, 0.15) is 13.8 Å². The van der Waals surface area contributed by atoms with E-state index in [1.165, 1.54) is 0 Å². The Hall–Kier alpha value is 0.200. The molecule has 25 heavy (non-hydrogen) atoms. The molecule has 7 nitrogen and oxygen atoms in total. The topological polar surface area (TPSA) is 64.6 Å². The van der Waals surface area contributed by atoms with Gasteiger partial charge in [0.05, 0.1) is 92.0 Å². The molecule has 0 amide bonds. The summed E-state index contributed by atoms with van der Waals surface area (Å²) >= 11 is 3.29. The second kappa shape index (κ2) is 22.2. The highest BCUT2D eigenvalue weighted by molar-refractivity contribution is 9.09. The largest absolute Gasteiger partial charge is 0.378 e. The molecule has 0 unspecified atom stereocenters. The number of ether oxygens (including phenoxy) is 7. The van der Waals surface area contributed by atoms with Crippen LogP contribution in [-0.4, -0.2) is 97.3 Å². The van der Waals surface area contributed by atoms with Crippen LogP contribution in [0, 0.1) is 0 Å². The summed E-state index contributed by atoms with van der Waals surface area (Å²) in [5.74, 6) is 0. The van der Waals surface area contributed by atoms with Crippen LogP contribution < -0.4 is 0 Å². The van der Waals surface area contributed by atoms with E-state index in [2.05, 4.69) is 15.9 Å². The molecule has 0 aliphatic rings. The first kappa shape index (κ1) is 25.2. The normalized spacial score (nSPS) is 11.5. The van der Waals surface area contributed by atoms with Crippen molar-refractivity contribution in [1.82, 2.24) is 0 Å². The van der Waals surface area contributed by atoms with E-state index in [0.29, 0.717) is 85.9 Å². The van der Waals surface area contributed by atoms with Gasteiger partial charge >= 0.3 is 0 Å². The highest BCUT2D eigenvalue weighted by atomic mass is 79.9. The lowest BCUT2D eigenvalue weighted by molar-refractivity contribution is -0.0234. The van der Waals surface area contributed by atoms with E-state index in [1.807, 2.05) is 13.8 Å². The van der Waals surface area contributed by atoms with Crippen molar-refractivity contribution in [3.05, 3.63) is 0 Å². The van der Waals surface area contributed by atoms with E-state index in [4.69, 9.17) is 33.2 Å². The second-order valence-corrected chi connectivity index (χ2v) is 6.08. The van der Waals surface area contributed by atoms with Gasteiger partial charge < -0.3 is 33.2 Å². The summed E-state index contributed by atoms with van der Waals surface area (Å²) in [7, 11) is 0. The van der Waals surface area contributed by atoms with E-state index in [-0.39, 0.29) is 6.10 Å². The minimum Gasteiger partial charge on any atom is -0.378 e. The van der Waals surface area contributed by atoms with Crippen molar-refractivity contribution in [3.63, 3.8) is 0 Å². The van der Waals surface area contributed by atoms with Crippen LogP contribution in [-0.2, 0) is 33.2 Å². The van der Waals surface area contributed by atoms with E-state index < -0.39 is 0 Å². The lowest BCUT2D eigenvalue weighted by atomic mass is 10.5. The smallest absolute Gasteiger partial charge is 0.0703 e. The van der Waals surface area contributed by atoms with Crippen molar-refractivity contribution in [2.24, 2.45) is 0 Å². The summed E-state index contributed by atoms with van der Waals surface area (Å²) in [6, 6.07) is 0. The summed E-state index contributed by atoms with van der Waals surface area (Å²) in [4.78, 5) is 0. The molecule has 0 aromatic heterocycles. The zero-order valence-corrected chi connectivity index (χ0v) is 17.3. The third-order valence-electron chi connectivity index (χ3n) is 2.76. The molecule has 0 saturated heterocycles.